The van der Waals surface area contributed by atoms with Crippen molar-refractivity contribution in [2.75, 3.05) is 18.8 Å². The molecule has 20 heavy (non-hydrogen) atoms. The Hall–Kier alpha value is -1.75. The lowest BCUT2D eigenvalue weighted by molar-refractivity contribution is -0.119. The van der Waals surface area contributed by atoms with E-state index in [1.807, 2.05) is 0 Å². The maximum atomic E-state index is 12.4. The summed E-state index contributed by atoms with van der Waals surface area (Å²) in [5.41, 5.74) is 11.8. The summed E-state index contributed by atoms with van der Waals surface area (Å²) in [4.78, 5) is 25.1. The van der Waals surface area contributed by atoms with E-state index in [1.54, 1.807) is 23.1 Å². The van der Waals surface area contributed by atoms with Crippen LogP contribution in [0.25, 0.3) is 0 Å². The lowest BCUT2D eigenvalue weighted by Crippen LogP contribution is -2.39. The molecule has 1 aromatic carbocycles. The number of benzene rings is 1. The van der Waals surface area contributed by atoms with E-state index in [-0.39, 0.29) is 17.7 Å². The fourth-order valence-electron chi connectivity index (χ4n) is 2.55. The lowest BCUT2D eigenvalue weighted by atomic mass is 9.93. The number of piperidine rings is 1. The number of rotatable bonds is 3. The van der Waals surface area contributed by atoms with Gasteiger partial charge in [0.25, 0.3) is 5.91 Å². The number of hydrogen-bond donors (Lipinski definition) is 2. The Kier molecular flexibility index (Phi) is 4.49. The minimum atomic E-state index is -0.287. The Balaban J connectivity index is 2.04. The Morgan fingerprint density at radius 3 is 2.50 bits per heavy atom. The molecule has 1 aliphatic rings. The quantitative estimate of drug-likeness (QED) is 0.831. The summed E-state index contributed by atoms with van der Waals surface area (Å²) in [6.07, 6.45) is 1.94. The van der Waals surface area contributed by atoms with Gasteiger partial charge < -0.3 is 16.4 Å². The van der Waals surface area contributed by atoms with E-state index in [0.717, 1.165) is 12.8 Å². The molecule has 6 heteroatoms. The molecule has 1 saturated heterocycles. The van der Waals surface area contributed by atoms with Crippen molar-refractivity contribution in [3.8, 4) is 0 Å². The molecule has 0 aromatic heterocycles. The third-order valence-corrected chi connectivity index (χ3v) is 3.97. The Bertz CT molecular complexity index is 505. The third kappa shape index (κ3) is 3.22. The molecule has 1 aliphatic heterocycles. The number of carbonyl (C=O) groups excluding carboxylic acids is 2. The minimum absolute atomic E-state index is 0.148. The summed E-state index contributed by atoms with van der Waals surface area (Å²) in [6, 6.07) is 5.04. The Morgan fingerprint density at radius 2 is 1.95 bits per heavy atom. The highest BCUT2D eigenvalue weighted by atomic mass is 35.5. The van der Waals surface area contributed by atoms with Gasteiger partial charge in [-0.15, -0.1) is 0 Å². The van der Waals surface area contributed by atoms with Gasteiger partial charge in [0.1, 0.15) is 0 Å². The monoisotopic (exact) mass is 295 g/mol. The zero-order valence-corrected chi connectivity index (χ0v) is 11.9. The third-order valence-electron chi connectivity index (χ3n) is 3.65. The standard InChI is InChI=1S/C14H18ClN3O2/c15-10-2-1-3-11(16)13(10)14(20)18-6-4-9(5-7-18)8-12(17)19/h1-3,9H,4-8,16H2,(H2,17,19). The van der Waals surface area contributed by atoms with Crippen LogP contribution in [-0.4, -0.2) is 29.8 Å². The van der Waals surface area contributed by atoms with Gasteiger partial charge in [0.2, 0.25) is 5.91 Å². The first kappa shape index (κ1) is 14.7. The van der Waals surface area contributed by atoms with Crippen molar-refractivity contribution < 1.29 is 9.59 Å². The summed E-state index contributed by atoms with van der Waals surface area (Å²) in [6.45, 7) is 1.20. The largest absolute Gasteiger partial charge is 0.398 e. The van der Waals surface area contributed by atoms with Crippen molar-refractivity contribution in [2.45, 2.75) is 19.3 Å². The van der Waals surface area contributed by atoms with Gasteiger partial charge in [-0.2, -0.15) is 0 Å². The molecule has 0 atom stereocenters. The number of carbonyl (C=O) groups is 2. The zero-order valence-electron chi connectivity index (χ0n) is 11.1. The number of hydrogen-bond acceptors (Lipinski definition) is 3. The average Bonchev–Trinajstić information content (AvgIpc) is 2.38. The van der Waals surface area contributed by atoms with Crippen LogP contribution < -0.4 is 11.5 Å². The van der Waals surface area contributed by atoms with Gasteiger partial charge in [0, 0.05) is 25.2 Å². The highest BCUT2D eigenvalue weighted by molar-refractivity contribution is 6.34. The topological polar surface area (TPSA) is 89.4 Å². The molecule has 2 amide bonds. The minimum Gasteiger partial charge on any atom is -0.398 e. The van der Waals surface area contributed by atoms with Crippen molar-refractivity contribution in [1.29, 1.82) is 0 Å². The molecule has 0 unspecified atom stereocenters. The number of nitrogen functional groups attached to an aromatic ring is 1. The first-order valence-corrected chi connectivity index (χ1v) is 6.98. The predicted molar refractivity (Wildman–Crippen MR) is 78.3 cm³/mol. The lowest BCUT2D eigenvalue weighted by Gasteiger charge is -2.32. The molecular weight excluding hydrogens is 278 g/mol. The number of nitrogens with zero attached hydrogens (tertiary/aromatic N) is 1. The Morgan fingerprint density at radius 1 is 1.30 bits per heavy atom. The number of amides is 2. The maximum absolute atomic E-state index is 12.4. The van der Waals surface area contributed by atoms with E-state index in [0.29, 0.717) is 35.8 Å². The van der Waals surface area contributed by atoms with Crippen LogP contribution in [0.1, 0.15) is 29.6 Å². The normalized spacial score (nSPS) is 16.1. The van der Waals surface area contributed by atoms with Crippen LogP contribution >= 0.6 is 11.6 Å². The molecule has 0 saturated carbocycles. The van der Waals surface area contributed by atoms with Crippen LogP contribution in [0.4, 0.5) is 5.69 Å². The predicted octanol–water partition coefficient (Wildman–Crippen LogP) is 1.65. The fourth-order valence-corrected chi connectivity index (χ4v) is 2.81. The molecule has 0 radical (unpaired) electrons. The van der Waals surface area contributed by atoms with Gasteiger partial charge in [-0.05, 0) is 30.9 Å². The second-order valence-corrected chi connectivity index (χ2v) is 5.52. The van der Waals surface area contributed by atoms with Crippen molar-refractivity contribution in [1.82, 2.24) is 4.90 Å². The van der Waals surface area contributed by atoms with E-state index >= 15 is 0 Å². The van der Waals surface area contributed by atoms with Crippen LogP contribution in [-0.2, 0) is 4.79 Å². The number of likely N-dealkylation sites (tertiary alicyclic amines) is 1. The number of anilines is 1. The van der Waals surface area contributed by atoms with Crippen molar-refractivity contribution >= 4 is 29.1 Å². The highest BCUT2D eigenvalue weighted by Crippen LogP contribution is 2.27. The first-order chi connectivity index (χ1) is 9.49. The smallest absolute Gasteiger partial charge is 0.257 e. The second kappa shape index (κ2) is 6.13. The Labute approximate surface area is 122 Å². The van der Waals surface area contributed by atoms with Crippen LogP contribution in [0.5, 0.6) is 0 Å². The molecule has 1 heterocycles. The van der Waals surface area contributed by atoms with Gasteiger partial charge in [-0.1, -0.05) is 17.7 Å². The molecule has 0 aliphatic carbocycles. The van der Waals surface area contributed by atoms with Crippen molar-refractivity contribution in [3.05, 3.63) is 28.8 Å². The fraction of sp³-hybridized carbons (Fsp3) is 0.429. The van der Waals surface area contributed by atoms with Crippen LogP contribution in [0.2, 0.25) is 5.02 Å². The van der Waals surface area contributed by atoms with Gasteiger partial charge in [-0.3, -0.25) is 9.59 Å². The molecule has 1 fully saturated rings. The van der Waals surface area contributed by atoms with E-state index in [2.05, 4.69) is 0 Å². The number of primary amides is 1. The average molecular weight is 296 g/mol. The summed E-state index contributed by atoms with van der Waals surface area (Å²) >= 11 is 6.05. The van der Waals surface area contributed by atoms with Gasteiger partial charge in [0.05, 0.1) is 10.6 Å². The molecule has 108 valence electrons. The number of nitrogens with two attached hydrogens (primary N) is 2. The van der Waals surface area contributed by atoms with Crippen LogP contribution in [0.15, 0.2) is 18.2 Å². The molecule has 4 N–H and O–H groups in total. The summed E-state index contributed by atoms with van der Waals surface area (Å²) in [5, 5.41) is 0.370. The number of halogens is 1. The van der Waals surface area contributed by atoms with E-state index in [1.165, 1.54) is 0 Å². The van der Waals surface area contributed by atoms with Crippen LogP contribution in [0.3, 0.4) is 0 Å². The van der Waals surface area contributed by atoms with Crippen molar-refractivity contribution in [2.24, 2.45) is 11.7 Å². The molecule has 0 bridgehead atoms. The SMILES string of the molecule is NC(=O)CC1CCN(C(=O)c2c(N)cccc2Cl)CC1. The summed E-state index contributed by atoms with van der Waals surface area (Å²) < 4.78 is 0. The van der Waals surface area contributed by atoms with Gasteiger partial charge >= 0.3 is 0 Å². The van der Waals surface area contributed by atoms with E-state index in [9.17, 15) is 9.59 Å². The van der Waals surface area contributed by atoms with Crippen molar-refractivity contribution in [3.63, 3.8) is 0 Å². The molecule has 2 rings (SSSR count). The van der Waals surface area contributed by atoms with E-state index < -0.39 is 0 Å². The second-order valence-electron chi connectivity index (χ2n) is 5.11. The highest BCUT2D eigenvalue weighted by Gasteiger charge is 2.26. The molecular formula is C14H18ClN3O2. The molecule has 1 aromatic rings. The van der Waals surface area contributed by atoms with Gasteiger partial charge in [-0.25, -0.2) is 0 Å². The molecule has 0 spiro atoms. The zero-order chi connectivity index (χ0) is 14.7. The van der Waals surface area contributed by atoms with Gasteiger partial charge in [0.15, 0.2) is 0 Å². The summed E-state index contributed by atoms with van der Waals surface area (Å²) in [5.74, 6) is -0.170. The van der Waals surface area contributed by atoms with Crippen LogP contribution in [0, 0.1) is 5.92 Å². The van der Waals surface area contributed by atoms with E-state index in [4.69, 9.17) is 23.1 Å². The molecule has 5 nitrogen and oxygen atoms in total. The first-order valence-electron chi connectivity index (χ1n) is 6.60. The summed E-state index contributed by atoms with van der Waals surface area (Å²) in [7, 11) is 0. The maximum Gasteiger partial charge on any atom is 0.257 e.